The molecular formula is C8H13NO12P2. The van der Waals surface area contributed by atoms with Crippen molar-refractivity contribution in [3.63, 3.8) is 0 Å². The molecule has 0 aliphatic carbocycles. The lowest BCUT2D eigenvalue weighted by atomic mass is 10.2. The van der Waals surface area contributed by atoms with E-state index in [1.54, 1.807) is 0 Å². The molecule has 13 nitrogen and oxygen atoms in total. The molecule has 1 unspecified atom stereocenters. The highest BCUT2D eigenvalue weighted by Gasteiger charge is 2.45. The van der Waals surface area contributed by atoms with Gasteiger partial charge in [-0.15, -0.1) is 0 Å². The fraction of sp³-hybridized carbons (Fsp3) is 0.500. The van der Waals surface area contributed by atoms with Crippen LogP contribution in [-0.4, -0.2) is 71.3 Å². The summed E-state index contributed by atoms with van der Waals surface area (Å²) in [4.78, 5) is 79.5. The molecule has 1 amide bonds. The van der Waals surface area contributed by atoms with Crippen molar-refractivity contribution in [2.75, 3.05) is 6.16 Å². The smallest absolute Gasteiger partial charge is 0.345 e. The van der Waals surface area contributed by atoms with E-state index < -0.39 is 63.1 Å². The van der Waals surface area contributed by atoms with Gasteiger partial charge < -0.3 is 35.1 Å². The number of aliphatic carboxylic acids is 2. The van der Waals surface area contributed by atoms with Crippen LogP contribution in [0.25, 0.3) is 0 Å². The van der Waals surface area contributed by atoms with E-state index in [9.17, 15) is 28.3 Å². The summed E-state index contributed by atoms with van der Waals surface area (Å²) in [5, 5.41) is 18.6. The Hall–Kier alpha value is -1.62. The molecule has 0 saturated carbocycles. The number of carbonyl (C=O) groups excluding carboxylic acids is 2. The van der Waals surface area contributed by atoms with E-state index >= 15 is 0 Å². The summed E-state index contributed by atoms with van der Waals surface area (Å²) in [6.45, 7) is 0. The van der Waals surface area contributed by atoms with Gasteiger partial charge in [0.15, 0.2) is 11.4 Å². The van der Waals surface area contributed by atoms with Crippen LogP contribution in [0.5, 0.6) is 0 Å². The predicted molar refractivity (Wildman–Crippen MR) is 69.6 cm³/mol. The van der Waals surface area contributed by atoms with Gasteiger partial charge in [0.25, 0.3) is 0 Å². The highest BCUT2D eigenvalue weighted by molar-refractivity contribution is 7.56. The molecule has 23 heavy (non-hydrogen) atoms. The lowest BCUT2D eigenvalue weighted by molar-refractivity contribution is -0.147. The molecule has 0 aromatic rings. The maximum absolute atomic E-state index is 11.7. The van der Waals surface area contributed by atoms with E-state index in [4.69, 9.17) is 29.8 Å². The third-order valence-electron chi connectivity index (χ3n) is 2.24. The van der Waals surface area contributed by atoms with E-state index in [1.807, 2.05) is 0 Å². The second-order valence-electron chi connectivity index (χ2n) is 4.28. The average Bonchev–Trinajstić information content (AvgIpc) is 2.21. The Morgan fingerprint density at radius 1 is 0.957 bits per heavy atom. The first-order valence-electron chi connectivity index (χ1n) is 5.52. The van der Waals surface area contributed by atoms with Gasteiger partial charge in [0.1, 0.15) is 12.2 Å². The molecular weight excluding hydrogens is 364 g/mol. The largest absolute Gasteiger partial charge is 0.481 e. The summed E-state index contributed by atoms with van der Waals surface area (Å²) in [6.07, 6.45) is -2.81. The Labute approximate surface area is 127 Å². The number of hydrogen-bond donors (Lipinski definition) is 7. The summed E-state index contributed by atoms with van der Waals surface area (Å²) in [6, 6.07) is -2.10. The Kier molecular flexibility index (Phi) is 7.23. The molecule has 0 bridgehead atoms. The fourth-order valence-corrected chi connectivity index (χ4v) is 2.98. The van der Waals surface area contributed by atoms with Gasteiger partial charge in [0.05, 0.1) is 6.42 Å². The van der Waals surface area contributed by atoms with E-state index in [-0.39, 0.29) is 0 Å². The number of ketones is 1. The minimum atomic E-state index is -5.54. The van der Waals surface area contributed by atoms with Gasteiger partial charge in [-0.25, -0.2) is 4.79 Å². The van der Waals surface area contributed by atoms with Gasteiger partial charge in [-0.2, -0.15) is 0 Å². The summed E-state index contributed by atoms with van der Waals surface area (Å²) in [5.74, 6) is -7.19. The Morgan fingerprint density at radius 2 is 1.43 bits per heavy atom. The molecule has 132 valence electrons. The van der Waals surface area contributed by atoms with Crippen molar-refractivity contribution in [2.45, 2.75) is 18.1 Å². The zero-order valence-electron chi connectivity index (χ0n) is 11.1. The predicted octanol–water partition coefficient (Wildman–Crippen LogP) is -2.68. The second-order valence-corrected chi connectivity index (χ2v) is 7.62. The van der Waals surface area contributed by atoms with Gasteiger partial charge in [0.2, 0.25) is 5.91 Å². The Bertz CT molecular complexity index is 602. The van der Waals surface area contributed by atoms with Crippen molar-refractivity contribution in [1.82, 2.24) is 5.32 Å². The van der Waals surface area contributed by atoms with Crippen LogP contribution in [0, 0.1) is 0 Å². The van der Waals surface area contributed by atoms with Crippen molar-refractivity contribution in [3.05, 3.63) is 0 Å². The molecule has 0 heterocycles. The SMILES string of the molecule is O=C(O)C[C@H](NC(=O)C(C(=O)CP(=O)(O)O)P(=O)(O)O)C(=O)O. The lowest BCUT2D eigenvalue weighted by Crippen LogP contribution is -2.49. The number of hydrogen-bond acceptors (Lipinski definition) is 6. The number of carboxylic acid groups (broad SMARTS) is 2. The van der Waals surface area contributed by atoms with Gasteiger partial charge in [-0.05, 0) is 0 Å². The monoisotopic (exact) mass is 377 g/mol. The minimum Gasteiger partial charge on any atom is -0.481 e. The fourth-order valence-electron chi connectivity index (χ4n) is 1.40. The third-order valence-corrected chi connectivity index (χ3v) is 4.16. The second kappa shape index (κ2) is 7.77. The third kappa shape index (κ3) is 7.98. The van der Waals surface area contributed by atoms with Crippen LogP contribution in [-0.2, 0) is 28.3 Å². The van der Waals surface area contributed by atoms with Crippen LogP contribution in [0.2, 0.25) is 0 Å². The summed E-state index contributed by atoms with van der Waals surface area (Å²) in [5.41, 5.74) is -2.87. The maximum atomic E-state index is 11.7. The molecule has 7 N–H and O–H groups in total. The zero-order chi connectivity index (χ0) is 18.6. The van der Waals surface area contributed by atoms with E-state index in [0.29, 0.717) is 0 Å². The molecule has 15 heteroatoms. The highest BCUT2D eigenvalue weighted by Crippen LogP contribution is 2.44. The van der Waals surface area contributed by atoms with Gasteiger partial charge in [0, 0.05) is 0 Å². The zero-order valence-corrected chi connectivity index (χ0v) is 12.9. The number of carbonyl (C=O) groups is 4. The molecule has 0 aromatic carbocycles. The van der Waals surface area contributed by atoms with Crippen LogP contribution in [0.4, 0.5) is 0 Å². The first-order chi connectivity index (χ1) is 10.1. The van der Waals surface area contributed by atoms with Crippen LogP contribution < -0.4 is 5.32 Å². The Morgan fingerprint density at radius 3 is 1.74 bits per heavy atom. The lowest BCUT2D eigenvalue weighted by Gasteiger charge is -2.19. The Balaban J connectivity index is 5.42. The van der Waals surface area contributed by atoms with Gasteiger partial charge in [-0.1, -0.05) is 0 Å². The van der Waals surface area contributed by atoms with Gasteiger partial charge >= 0.3 is 27.1 Å². The van der Waals surface area contributed by atoms with Crippen molar-refractivity contribution in [3.8, 4) is 0 Å². The van der Waals surface area contributed by atoms with Gasteiger partial charge in [-0.3, -0.25) is 23.5 Å². The minimum absolute atomic E-state index is 1.15. The molecule has 0 rings (SSSR count). The summed E-state index contributed by atoms with van der Waals surface area (Å²) < 4.78 is 21.9. The number of rotatable bonds is 9. The van der Waals surface area contributed by atoms with Crippen LogP contribution >= 0.6 is 15.2 Å². The quantitative estimate of drug-likeness (QED) is 0.161. The molecule has 0 spiro atoms. The van der Waals surface area contributed by atoms with Crippen LogP contribution in [0.3, 0.4) is 0 Å². The standard InChI is InChI=1S/C8H13NO12P2/c10-4(2-22(16,17)18)6(23(19,20)21)7(13)9-3(8(14)15)1-5(11)12/h3,6H,1-2H2,(H,9,13)(H,11,12)(H,14,15)(H2,16,17,18)(H2,19,20,21)/t3-,6?/m0/s1. The van der Waals surface area contributed by atoms with E-state index in [1.165, 1.54) is 5.32 Å². The van der Waals surface area contributed by atoms with Crippen LogP contribution in [0.1, 0.15) is 6.42 Å². The van der Waals surface area contributed by atoms with Crippen molar-refractivity contribution < 1.29 is 58.1 Å². The maximum Gasteiger partial charge on any atom is 0.345 e. The number of amides is 1. The van der Waals surface area contributed by atoms with Crippen LogP contribution in [0.15, 0.2) is 0 Å². The highest BCUT2D eigenvalue weighted by atomic mass is 31.2. The first kappa shape index (κ1) is 21.4. The molecule has 0 aliphatic heterocycles. The van der Waals surface area contributed by atoms with Crippen molar-refractivity contribution in [2.24, 2.45) is 0 Å². The molecule has 0 aromatic heterocycles. The number of Topliss-reactive ketones (excluding diaryl/α,β-unsaturated/α-hetero) is 1. The molecule has 0 fully saturated rings. The summed E-state index contributed by atoms with van der Waals surface area (Å²) >= 11 is 0. The van der Waals surface area contributed by atoms with E-state index in [2.05, 4.69) is 0 Å². The van der Waals surface area contributed by atoms with Crippen molar-refractivity contribution >= 4 is 38.8 Å². The number of carboxylic acids is 2. The van der Waals surface area contributed by atoms with Crippen molar-refractivity contribution in [1.29, 1.82) is 0 Å². The molecule has 2 atom stereocenters. The molecule has 0 saturated heterocycles. The normalized spacial score (nSPS) is 14.6. The molecule has 0 radical (unpaired) electrons. The number of nitrogens with one attached hydrogen (secondary N) is 1. The first-order valence-corrected chi connectivity index (χ1v) is 9.00. The molecule has 0 aliphatic rings. The average molecular weight is 377 g/mol. The summed E-state index contributed by atoms with van der Waals surface area (Å²) in [7, 11) is -10.6. The van der Waals surface area contributed by atoms with E-state index in [0.717, 1.165) is 0 Å². The topological polar surface area (TPSA) is 236 Å².